The van der Waals surface area contributed by atoms with Crippen LogP contribution in [-0.2, 0) is 0 Å². The summed E-state index contributed by atoms with van der Waals surface area (Å²) < 4.78 is 0. The van der Waals surface area contributed by atoms with E-state index in [1.165, 1.54) is 5.57 Å². The molecule has 2 heteroatoms. The molecule has 0 radical (unpaired) electrons. The van der Waals surface area contributed by atoms with Crippen LogP contribution in [0.25, 0.3) is 0 Å². The second-order valence-electron chi connectivity index (χ2n) is 5.31. The van der Waals surface area contributed by atoms with Crippen LogP contribution in [0.3, 0.4) is 0 Å². The van der Waals surface area contributed by atoms with Crippen molar-refractivity contribution in [2.24, 2.45) is 5.41 Å². The molecule has 16 heavy (non-hydrogen) atoms. The zero-order valence-corrected chi connectivity index (χ0v) is 10.7. The van der Waals surface area contributed by atoms with Crippen LogP contribution in [0.5, 0.6) is 0 Å². The van der Waals surface area contributed by atoms with E-state index in [2.05, 4.69) is 39.0 Å². The number of allylic oxidation sites excluding steroid dienone is 2. The van der Waals surface area contributed by atoms with Gasteiger partial charge in [-0.05, 0) is 31.1 Å². The molecule has 0 aromatic heterocycles. The van der Waals surface area contributed by atoms with E-state index in [-0.39, 0.29) is 5.41 Å². The fourth-order valence-corrected chi connectivity index (χ4v) is 1.68. The molecule has 2 nitrogen and oxygen atoms in total. The van der Waals surface area contributed by atoms with E-state index in [1.807, 2.05) is 0 Å². The van der Waals surface area contributed by atoms with Gasteiger partial charge in [0.25, 0.3) is 0 Å². The standard InChI is InChI=1S/C14H22N2/c1-14(2,3)12-13(8-4-6-10-15)9-5-7-11-16/h8H,4-7,9,12H2,1-3H3/b13-8-. The fraction of sp³-hybridized carbons (Fsp3) is 0.714. The number of nitriles is 2. The molecule has 0 fully saturated rings. The number of nitrogens with zero attached hydrogens (tertiary/aromatic N) is 2. The summed E-state index contributed by atoms with van der Waals surface area (Å²) in [6, 6.07) is 4.33. The number of rotatable bonds is 6. The molecule has 0 bridgehead atoms. The largest absolute Gasteiger partial charge is 0.198 e. The molecular weight excluding hydrogens is 196 g/mol. The summed E-state index contributed by atoms with van der Waals surface area (Å²) in [5.74, 6) is 0. The van der Waals surface area contributed by atoms with Crippen molar-refractivity contribution >= 4 is 0 Å². The van der Waals surface area contributed by atoms with E-state index >= 15 is 0 Å². The first-order valence-corrected chi connectivity index (χ1v) is 5.91. The van der Waals surface area contributed by atoms with Crippen LogP contribution in [0.1, 0.15) is 59.3 Å². The Morgan fingerprint density at radius 2 is 1.75 bits per heavy atom. The maximum Gasteiger partial charge on any atom is 0.0625 e. The summed E-state index contributed by atoms with van der Waals surface area (Å²) in [5.41, 5.74) is 1.68. The van der Waals surface area contributed by atoms with Crippen LogP contribution >= 0.6 is 0 Å². The van der Waals surface area contributed by atoms with Crippen LogP contribution in [0.15, 0.2) is 11.6 Å². The van der Waals surface area contributed by atoms with Gasteiger partial charge in [0, 0.05) is 12.8 Å². The Balaban J connectivity index is 4.23. The second-order valence-corrected chi connectivity index (χ2v) is 5.31. The SMILES string of the molecule is CC(C)(C)C/C(=C\CCC#N)CCCC#N. The van der Waals surface area contributed by atoms with Gasteiger partial charge < -0.3 is 0 Å². The van der Waals surface area contributed by atoms with E-state index in [0.717, 1.165) is 25.7 Å². The topological polar surface area (TPSA) is 47.6 Å². The molecule has 0 heterocycles. The molecule has 0 rings (SSSR count). The Morgan fingerprint density at radius 3 is 2.25 bits per heavy atom. The zero-order valence-electron chi connectivity index (χ0n) is 10.7. The molecule has 0 unspecified atom stereocenters. The third-order valence-corrected chi connectivity index (χ3v) is 2.23. The summed E-state index contributed by atoms with van der Waals surface area (Å²) in [5, 5.41) is 17.0. The van der Waals surface area contributed by atoms with Crippen LogP contribution in [-0.4, -0.2) is 0 Å². The minimum atomic E-state index is 0.283. The van der Waals surface area contributed by atoms with E-state index in [1.54, 1.807) is 0 Å². The normalized spacial score (nSPS) is 11.9. The lowest BCUT2D eigenvalue weighted by atomic mass is 9.85. The monoisotopic (exact) mass is 218 g/mol. The Kier molecular flexibility index (Phi) is 7.31. The maximum absolute atomic E-state index is 8.51. The van der Waals surface area contributed by atoms with Crippen LogP contribution in [0.4, 0.5) is 0 Å². The first kappa shape index (κ1) is 14.7. The van der Waals surface area contributed by atoms with E-state index < -0.39 is 0 Å². The molecule has 0 aromatic rings. The fourth-order valence-electron chi connectivity index (χ4n) is 1.68. The van der Waals surface area contributed by atoms with Crippen molar-refractivity contribution in [3.05, 3.63) is 11.6 Å². The molecule has 0 spiro atoms. The van der Waals surface area contributed by atoms with Crippen molar-refractivity contribution in [1.29, 1.82) is 10.5 Å². The van der Waals surface area contributed by atoms with Gasteiger partial charge in [-0.3, -0.25) is 0 Å². The molecule has 0 N–H and O–H groups in total. The molecule has 0 saturated carbocycles. The molecule has 0 atom stereocenters. The lowest BCUT2D eigenvalue weighted by Gasteiger charge is -2.20. The second kappa shape index (κ2) is 7.94. The highest BCUT2D eigenvalue weighted by Gasteiger charge is 2.12. The third kappa shape index (κ3) is 9.28. The Bertz CT molecular complexity index is 294. The average molecular weight is 218 g/mol. The van der Waals surface area contributed by atoms with Crippen LogP contribution in [0.2, 0.25) is 0 Å². The first-order chi connectivity index (χ1) is 7.49. The number of unbranched alkanes of at least 4 members (excludes halogenated alkanes) is 2. The van der Waals surface area contributed by atoms with E-state index in [0.29, 0.717) is 12.8 Å². The number of hydrogen-bond donors (Lipinski definition) is 0. The van der Waals surface area contributed by atoms with E-state index in [9.17, 15) is 0 Å². The van der Waals surface area contributed by atoms with Gasteiger partial charge in [-0.15, -0.1) is 0 Å². The molecular formula is C14H22N2. The Morgan fingerprint density at radius 1 is 1.12 bits per heavy atom. The maximum atomic E-state index is 8.51. The van der Waals surface area contributed by atoms with Gasteiger partial charge in [0.05, 0.1) is 12.1 Å². The Labute approximate surface area is 99.6 Å². The summed E-state index contributed by atoms with van der Waals surface area (Å²) >= 11 is 0. The van der Waals surface area contributed by atoms with Gasteiger partial charge in [0.1, 0.15) is 0 Å². The van der Waals surface area contributed by atoms with Gasteiger partial charge in [-0.2, -0.15) is 10.5 Å². The molecule has 0 aliphatic rings. The Hall–Kier alpha value is -1.28. The summed E-state index contributed by atoms with van der Waals surface area (Å²) in [4.78, 5) is 0. The summed E-state index contributed by atoms with van der Waals surface area (Å²) in [7, 11) is 0. The zero-order chi connectivity index (χ0) is 12.4. The van der Waals surface area contributed by atoms with Crippen molar-refractivity contribution in [2.75, 3.05) is 0 Å². The van der Waals surface area contributed by atoms with Gasteiger partial charge in [0.2, 0.25) is 0 Å². The van der Waals surface area contributed by atoms with Crippen molar-refractivity contribution in [3.8, 4) is 12.1 Å². The van der Waals surface area contributed by atoms with Crippen molar-refractivity contribution < 1.29 is 0 Å². The lowest BCUT2D eigenvalue weighted by Crippen LogP contribution is -2.06. The first-order valence-electron chi connectivity index (χ1n) is 5.91. The molecule has 0 aromatic carbocycles. The molecule has 0 amide bonds. The van der Waals surface area contributed by atoms with Gasteiger partial charge in [0.15, 0.2) is 0 Å². The molecule has 0 aliphatic carbocycles. The molecule has 0 saturated heterocycles. The quantitative estimate of drug-likeness (QED) is 0.491. The van der Waals surface area contributed by atoms with E-state index in [4.69, 9.17) is 10.5 Å². The minimum Gasteiger partial charge on any atom is -0.198 e. The molecule has 0 aliphatic heterocycles. The van der Waals surface area contributed by atoms with Crippen molar-refractivity contribution in [2.45, 2.75) is 59.3 Å². The predicted molar refractivity (Wildman–Crippen MR) is 66.5 cm³/mol. The minimum absolute atomic E-state index is 0.283. The highest BCUT2D eigenvalue weighted by Crippen LogP contribution is 2.27. The molecule has 88 valence electrons. The smallest absolute Gasteiger partial charge is 0.0625 e. The average Bonchev–Trinajstić information content (AvgIpc) is 2.16. The predicted octanol–water partition coefficient (Wildman–Crippen LogP) is 4.35. The number of hydrogen-bond acceptors (Lipinski definition) is 2. The highest BCUT2D eigenvalue weighted by atomic mass is 14.2. The van der Waals surface area contributed by atoms with Gasteiger partial charge >= 0.3 is 0 Å². The van der Waals surface area contributed by atoms with Crippen molar-refractivity contribution in [3.63, 3.8) is 0 Å². The van der Waals surface area contributed by atoms with Gasteiger partial charge in [-0.1, -0.05) is 32.4 Å². The van der Waals surface area contributed by atoms with Gasteiger partial charge in [-0.25, -0.2) is 0 Å². The highest BCUT2D eigenvalue weighted by molar-refractivity contribution is 5.05. The van der Waals surface area contributed by atoms with Crippen molar-refractivity contribution in [1.82, 2.24) is 0 Å². The lowest BCUT2D eigenvalue weighted by molar-refractivity contribution is 0.402. The van der Waals surface area contributed by atoms with Crippen LogP contribution < -0.4 is 0 Å². The third-order valence-electron chi connectivity index (χ3n) is 2.23. The summed E-state index contributed by atoms with van der Waals surface area (Å²) in [6.45, 7) is 6.65. The van der Waals surface area contributed by atoms with Crippen LogP contribution in [0, 0.1) is 28.1 Å². The summed E-state index contributed by atoms with van der Waals surface area (Å²) in [6.07, 6.45) is 7.23.